The smallest absolute Gasteiger partial charge is 0.245 e. The third kappa shape index (κ3) is 3.60. The van der Waals surface area contributed by atoms with E-state index in [0.29, 0.717) is 42.9 Å². The number of benzene rings is 1. The van der Waals surface area contributed by atoms with Crippen molar-refractivity contribution in [2.24, 2.45) is 11.8 Å². The molecule has 3 heterocycles. The molecule has 2 fully saturated rings. The highest BCUT2D eigenvalue weighted by atomic mass is 32.2. The number of rotatable bonds is 3. The first kappa shape index (κ1) is 18.8. The first-order valence-corrected chi connectivity index (χ1v) is 11.6. The van der Waals surface area contributed by atoms with Crippen LogP contribution in [-0.4, -0.2) is 58.5 Å². The van der Waals surface area contributed by atoms with E-state index >= 15 is 0 Å². The van der Waals surface area contributed by atoms with Crippen LogP contribution in [0.1, 0.15) is 32.6 Å². The Morgan fingerprint density at radius 1 is 1.15 bits per heavy atom. The Labute approximate surface area is 163 Å². The Morgan fingerprint density at radius 2 is 1.93 bits per heavy atom. The van der Waals surface area contributed by atoms with Crippen LogP contribution in [0.5, 0.6) is 0 Å². The van der Waals surface area contributed by atoms with Gasteiger partial charge in [-0.2, -0.15) is 13.1 Å². The summed E-state index contributed by atoms with van der Waals surface area (Å²) in [6, 6.07) is 5.05. The molecule has 0 saturated carbocycles. The van der Waals surface area contributed by atoms with Gasteiger partial charge in [-0.1, -0.05) is 13.0 Å². The average molecular weight is 409 g/mol. The Hall–Kier alpha value is -1.58. The highest BCUT2D eigenvalue weighted by Crippen LogP contribution is 2.29. The number of hydrogen-bond donors (Lipinski definition) is 0. The van der Waals surface area contributed by atoms with Gasteiger partial charge in [0.15, 0.2) is 0 Å². The lowest BCUT2D eigenvalue weighted by Crippen LogP contribution is -2.46. The van der Waals surface area contributed by atoms with Crippen molar-refractivity contribution in [3.05, 3.63) is 18.2 Å². The Morgan fingerprint density at radius 3 is 2.67 bits per heavy atom. The van der Waals surface area contributed by atoms with Crippen molar-refractivity contribution in [2.45, 2.75) is 37.5 Å². The maximum atomic E-state index is 13.1. The van der Waals surface area contributed by atoms with E-state index in [-0.39, 0.29) is 16.7 Å². The second-order valence-electron chi connectivity index (χ2n) is 7.60. The molecule has 0 spiro atoms. The number of piperidine rings is 2. The van der Waals surface area contributed by atoms with E-state index in [2.05, 4.69) is 15.7 Å². The molecule has 9 heteroatoms. The molecule has 7 nitrogen and oxygen atoms in total. The number of likely N-dealkylation sites (tertiary alicyclic amines) is 1. The minimum Gasteiger partial charge on any atom is -0.342 e. The second kappa shape index (κ2) is 7.44. The fraction of sp³-hybridized carbons (Fsp3) is 0.611. The summed E-state index contributed by atoms with van der Waals surface area (Å²) in [7, 11) is -3.63. The van der Waals surface area contributed by atoms with Crippen LogP contribution in [0.25, 0.3) is 11.0 Å². The molecule has 2 saturated heterocycles. The van der Waals surface area contributed by atoms with Crippen LogP contribution in [0.15, 0.2) is 23.1 Å². The zero-order valence-electron chi connectivity index (χ0n) is 15.4. The van der Waals surface area contributed by atoms with E-state index in [1.54, 1.807) is 18.2 Å². The van der Waals surface area contributed by atoms with Gasteiger partial charge in [0.25, 0.3) is 0 Å². The molecule has 1 aromatic carbocycles. The topological polar surface area (TPSA) is 83.5 Å². The number of carbonyl (C=O) groups excluding carboxylic acids is 1. The van der Waals surface area contributed by atoms with Crippen molar-refractivity contribution in [1.82, 2.24) is 18.0 Å². The van der Waals surface area contributed by atoms with Crippen molar-refractivity contribution in [3.8, 4) is 0 Å². The fourth-order valence-corrected chi connectivity index (χ4v) is 6.34. The molecule has 0 N–H and O–H groups in total. The molecule has 2 aliphatic rings. The van der Waals surface area contributed by atoms with Gasteiger partial charge in [0.05, 0.1) is 11.7 Å². The highest BCUT2D eigenvalue weighted by Gasteiger charge is 2.35. The standard InChI is InChI=1S/C18H24N4O3S2/c1-13-4-3-9-21(12-13)18(23)14-7-10-22(11-8-14)27(24,25)16-6-2-5-15-17(16)20-26-19-15/h2,5-6,13-14H,3-4,7-12H2,1H3/t13-/m1/s1. The lowest BCUT2D eigenvalue weighted by Gasteiger charge is -2.36. The van der Waals surface area contributed by atoms with Crippen LogP contribution in [0.2, 0.25) is 0 Å². The maximum Gasteiger partial charge on any atom is 0.245 e. The van der Waals surface area contributed by atoms with Gasteiger partial charge in [0, 0.05) is 32.1 Å². The van der Waals surface area contributed by atoms with Gasteiger partial charge in [0.2, 0.25) is 15.9 Å². The summed E-state index contributed by atoms with van der Waals surface area (Å²) in [5.41, 5.74) is 1.04. The van der Waals surface area contributed by atoms with Gasteiger partial charge in [-0.3, -0.25) is 4.79 Å². The molecule has 1 aromatic heterocycles. The van der Waals surface area contributed by atoms with Crippen molar-refractivity contribution < 1.29 is 13.2 Å². The minimum absolute atomic E-state index is 0.0709. The molecule has 1 amide bonds. The van der Waals surface area contributed by atoms with E-state index in [1.807, 2.05) is 4.90 Å². The summed E-state index contributed by atoms with van der Waals surface area (Å²) in [4.78, 5) is 15.0. The SMILES string of the molecule is C[C@@H]1CCCN(C(=O)C2CCN(S(=O)(=O)c3cccc4nsnc34)CC2)C1. The monoisotopic (exact) mass is 408 g/mol. The Balaban J connectivity index is 1.46. The number of hydrogen-bond acceptors (Lipinski definition) is 6. The molecular formula is C18H24N4O3S2. The van der Waals surface area contributed by atoms with E-state index in [9.17, 15) is 13.2 Å². The van der Waals surface area contributed by atoms with Crippen LogP contribution in [0, 0.1) is 11.8 Å². The number of amides is 1. The van der Waals surface area contributed by atoms with Crippen LogP contribution < -0.4 is 0 Å². The quantitative estimate of drug-likeness (QED) is 0.778. The first-order chi connectivity index (χ1) is 13.0. The predicted molar refractivity (Wildman–Crippen MR) is 104 cm³/mol. The van der Waals surface area contributed by atoms with Gasteiger partial charge in [-0.05, 0) is 43.7 Å². The highest BCUT2D eigenvalue weighted by molar-refractivity contribution is 7.89. The molecule has 2 aliphatic heterocycles. The minimum atomic E-state index is -3.63. The Bertz CT molecular complexity index is 935. The molecule has 1 atom stereocenters. The lowest BCUT2D eigenvalue weighted by atomic mass is 9.93. The predicted octanol–water partition coefficient (Wildman–Crippen LogP) is 2.35. The third-order valence-corrected chi connectivity index (χ3v) is 8.11. The first-order valence-electron chi connectivity index (χ1n) is 9.47. The molecule has 4 rings (SSSR count). The van der Waals surface area contributed by atoms with Crippen LogP contribution in [-0.2, 0) is 14.8 Å². The van der Waals surface area contributed by atoms with Crippen molar-refractivity contribution >= 4 is 38.7 Å². The fourth-order valence-electron chi connectivity index (χ4n) is 4.12. The number of aromatic nitrogens is 2. The van der Waals surface area contributed by atoms with Crippen LogP contribution in [0.3, 0.4) is 0 Å². The van der Waals surface area contributed by atoms with E-state index in [1.165, 1.54) is 10.7 Å². The third-order valence-electron chi connectivity index (χ3n) is 5.64. The van der Waals surface area contributed by atoms with E-state index < -0.39 is 10.0 Å². The van der Waals surface area contributed by atoms with Crippen molar-refractivity contribution in [3.63, 3.8) is 0 Å². The molecule has 146 valence electrons. The maximum absolute atomic E-state index is 13.1. The summed E-state index contributed by atoms with van der Waals surface area (Å²) in [5, 5.41) is 0. The lowest BCUT2D eigenvalue weighted by molar-refractivity contribution is -0.138. The molecule has 0 unspecified atom stereocenters. The molecule has 27 heavy (non-hydrogen) atoms. The van der Waals surface area contributed by atoms with Gasteiger partial charge >= 0.3 is 0 Å². The normalized spacial score (nSPS) is 23.0. The van der Waals surface area contributed by atoms with Gasteiger partial charge in [0.1, 0.15) is 15.9 Å². The second-order valence-corrected chi connectivity index (χ2v) is 10.0. The van der Waals surface area contributed by atoms with E-state index in [4.69, 9.17) is 0 Å². The summed E-state index contributed by atoms with van der Waals surface area (Å²) >= 11 is 1.02. The van der Waals surface area contributed by atoms with Gasteiger partial charge in [-0.25, -0.2) is 8.42 Å². The van der Waals surface area contributed by atoms with Gasteiger partial charge in [-0.15, -0.1) is 0 Å². The van der Waals surface area contributed by atoms with Crippen LogP contribution >= 0.6 is 11.7 Å². The van der Waals surface area contributed by atoms with Crippen LogP contribution in [0.4, 0.5) is 0 Å². The zero-order chi connectivity index (χ0) is 19.0. The number of sulfonamides is 1. The summed E-state index contributed by atoms with van der Waals surface area (Å²) in [5.74, 6) is 0.679. The summed E-state index contributed by atoms with van der Waals surface area (Å²) < 4.78 is 35.9. The number of fused-ring (bicyclic) bond motifs is 1. The van der Waals surface area contributed by atoms with E-state index in [0.717, 1.165) is 31.2 Å². The molecule has 2 aromatic rings. The summed E-state index contributed by atoms with van der Waals surface area (Å²) in [6.07, 6.45) is 3.39. The van der Waals surface area contributed by atoms with Gasteiger partial charge < -0.3 is 4.90 Å². The largest absolute Gasteiger partial charge is 0.342 e. The molecule has 0 radical (unpaired) electrons. The zero-order valence-corrected chi connectivity index (χ0v) is 17.0. The molecule has 0 bridgehead atoms. The molecular weight excluding hydrogens is 384 g/mol. The summed E-state index contributed by atoms with van der Waals surface area (Å²) in [6.45, 7) is 4.59. The van der Waals surface area contributed by atoms with Crippen molar-refractivity contribution in [1.29, 1.82) is 0 Å². The van der Waals surface area contributed by atoms with Crippen molar-refractivity contribution in [2.75, 3.05) is 26.2 Å². The number of carbonyl (C=O) groups is 1. The molecule has 0 aliphatic carbocycles. The number of nitrogens with zero attached hydrogens (tertiary/aromatic N) is 4. The Kier molecular flexibility index (Phi) is 5.17. The average Bonchev–Trinajstić information content (AvgIpc) is 3.16.